The number of aromatic nitrogens is 3. The van der Waals surface area contributed by atoms with E-state index in [0.717, 1.165) is 24.0 Å². The van der Waals surface area contributed by atoms with Gasteiger partial charge in [-0.05, 0) is 62.6 Å². The summed E-state index contributed by atoms with van der Waals surface area (Å²) < 4.78 is 5.16. The van der Waals surface area contributed by atoms with E-state index >= 15 is 0 Å². The standard InChI is InChI=1S/C22H23N5O3/c1-14-5-10-19(23-12-14)25-20(28)18-4-3-11-27(13-18)22(29)17-8-6-16(7-9-17)21-24-15(2)26-30-21/h5-10,12,18H,3-4,11,13H2,1-2H3,(H,23,25,28)/t18-/m0/s1. The van der Waals surface area contributed by atoms with Gasteiger partial charge in [0.2, 0.25) is 5.91 Å². The first-order valence-electron chi connectivity index (χ1n) is 9.93. The van der Waals surface area contributed by atoms with E-state index in [2.05, 4.69) is 20.4 Å². The average molecular weight is 405 g/mol. The number of benzene rings is 1. The number of piperidine rings is 1. The van der Waals surface area contributed by atoms with Gasteiger partial charge in [0.15, 0.2) is 5.82 Å². The molecule has 0 radical (unpaired) electrons. The minimum absolute atomic E-state index is 0.0887. The minimum atomic E-state index is -0.258. The number of aryl methyl sites for hydroxylation is 2. The van der Waals surface area contributed by atoms with Crippen molar-refractivity contribution in [2.75, 3.05) is 18.4 Å². The lowest BCUT2D eigenvalue weighted by Crippen LogP contribution is -2.43. The second kappa shape index (κ2) is 8.44. The molecule has 0 spiro atoms. The predicted octanol–water partition coefficient (Wildman–Crippen LogP) is 3.24. The molecule has 4 rings (SSSR count). The molecule has 0 unspecified atom stereocenters. The van der Waals surface area contributed by atoms with Crippen molar-refractivity contribution in [1.82, 2.24) is 20.0 Å². The Morgan fingerprint density at radius 2 is 1.93 bits per heavy atom. The van der Waals surface area contributed by atoms with Crippen LogP contribution in [0.2, 0.25) is 0 Å². The molecular weight excluding hydrogens is 382 g/mol. The topological polar surface area (TPSA) is 101 Å². The van der Waals surface area contributed by atoms with E-state index in [0.29, 0.717) is 36.2 Å². The highest BCUT2D eigenvalue weighted by Gasteiger charge is 2.29. The first-order valence-corrected chi connectivity index (χ1v) is 9.93. The van der Waals surface area contributed by atoms with Crippen LogP contribution in [-0.4, -0.2) is 44.9 Å². The maximum atomic E-state index is 12.9. The number of likely N-dealkylation sites (tertiary alicyclic amines) is 1. The number of nitrogens with one attached hydrogen (secondary N) is 1. The quantitative estimate of drug-likeness (QED) is 0.715. The van der Waals surface area contributed by atoms with Gasteiger partial charge in [-0.1, -0.05) is 11.2 Å². The summed E-state index contributed by atoms with van der Waals surface area (Å²) >= 11 is 0. The zero-order valence-electron chi connectivity index (χ0n) is 17.0. The Balaban J connectivity index is 1.40. The van der Waals surface area contributed by atoms with E-state index in [4.69, 9.17) is 4.52 Å². The fourth-order valence-corrected chi connectivity index (χ4v) is 3.50. The Labute approximate surface area is 174 Å². The lowest BCUT2D eigenvalue weighted by Gasteiger charge is -2.32. The fraction of sp³-hybridized carbons (Fsp3) is 0.318. The zero-order chi connectivity index (χ0) is 21.1. The molecule has 1 atom stereocenters. The predicted molar refractivity (Wildman–Crippen MR) is 111 cm³/mol. The van der Waals surface area contributed by atoms with Crippen LogP contribution < -0.4 is 5.32 Å². The normalized spacial score (nSPS) is 16.3. The van der Waals surface area contributed by atoms with Gasteiger partial charge in [0.05, 0.1) is 5.92 Å². The van der Waals surface area contributed by atoms with E-state index in [9.17, 15) is 9.59 Å². The Kier molecular flexibility index (Phi) is 5.56. The number of nitrogens with zero attached hydrogens (tertiary/aromatic N) is 4. The molecule has 0 bridgehead atoms. The monoisotopic (exact) mass is 405 g/mol. The molecule has 3 aromatic rings. The molecular formula is C22H23N5O3. The summed E-state index contributed by atoms with van der Waals surface area (Å²) in [7, 11) is 0. The van der Waals surface area contributed by atoms with E-state index in [-0.39, 0.29) is 17.7 Å². The molecule has 0 aliphatic carbocycles. The van der Waals surface area contributed by atoms with Crippen molar-refractivity contribution in [3.8, 4) is 11.5 Å². The largest absolute Gasteiger partial charge is 0.338 e. The summed E-state index contributed by atoms with van der Waals surface area (Å²) in [6, 6.07) is 10.8. The van der Waals surface area contributed by atoms with Gasteiger partial charge in [-0.3, -0.25) is 9.59 Å². The van der Waals surface area contributed by atoms with Crippen molar-refractivity contribution in [2.45, 2.75) is 26.7 Å². The molecule has 30 heavy (non-hydrogen) atoms. The second-order valence-corrected chi connectivity index (χ2v) is 7.52. The van der Waals surface area contributed by atoms with Crippen LogP contribution in [0.5, 0.6) is 0 Å². The Hall–Kier alpha value is -3.55. The number of pyridine rings is 1. The molecule has 3 heterocycles. The molecule has 1 aliphatic heterocycles. The molecule has 2 aromatic heterocycles. The zero-order valence-corrected chi connectivity index (χ0v) is 17.0. The highest BCUT2D eigenvalue weighted by Crippen LogP contribution is 2.22. The summed E-state index contributed by atoms with van der Waals surface area (Å²) in [6.07, 6.45) is 3.24. The summed E-state index contributed by atoms with van der Waals surface area (Å²) in [4.78, 5) is 35.7. The summed E-state index contributed by atoms with van der Waals surface area (Å²) in [5, 5.41) is 6.63. The van der Waals surface area contributed by atoms with E-state index < -0.39 is 0 Å². The number of carbonyl (C=O) groups excluding carboxylic acids is 2. The Morgan fingerprint density at radius 1 is 1.13 bits per heavy atom. The van der Waals surface area contributed by atoms with Gasteiger partial charge in [-0.2, -0.15) is 4.98 Å². The van der Waals surface area contributed by atoms with E-state index in [1.165, 1.54) is 0 Å². The van der Waals surface area contributed by atoms with Crippen molar-refractivity contribution < 1.29 is 14.1 Å². The van der Waals surface area contributed by atoms with Crippen LogP contribution in [0.1, 0.15) is 34.6 Å². The second-order valence-electron chi connectivity index (χ2n) is 7.52. The van der Waals surface area contributed by atoms with E-state index in [1.54, 1.807) is 48.4 Å². The number of hydrogen-bond donors (Lipinski definition) is 1. The highest BCUT2D eigenvalue weighted by atomic mass is 16.5. The molecule has 2 amide bonds. The van der Waals surface area contributed by atoms with Gasteiger partial charge in [0.25, 0.3) is 11.8 Å². The van der Waals surface area contributed by atoms with Crippen LogP contribution in [0.3, 0.4) is 0 Å². The summed E-state index contributed by atoms with van der Waals surface area (Å²) in [6.45, 7) is 4.72. The van der Waals surface area contributed by atoms with Crippen molar-refractivity contribution in [3.05, 3.63) is 59.5 Å². The van der Waals surface area contributed by atoms with Gasteiger partial charge in [-0.15, -0.1) is 0 Å². The molecule has 8 nitrogen and oxygen atoms in total. The summed E-state index contributed by atoms with van der Waals surface area (Å²) in [5.74, 6) is 1.06. The maximum Gasteiger partial charge on any atom is 0.257 e. The highest BCUT2D eigenvalue weighted by molar-refractivity contribution is 5.96. The number of carbonyl (C=O) groups is 2. The van der Waals surface area contributed by atoms with Crippen LogP contribution in [0.15, 0.2) is 47.1 Å². The van der Waals surface area contributed by atoms with Gasteiger partial charge in [0, 0.05) is 30.4 Å². The van der Waals surface area contributed by atoms with Crippen molar-refractivity contribution in [2.24, 2.45) is 5.92 Å². The van der Waals surface area contributed by atoms with Crippen LogP contribution >= 0.6 is 0 Å². The SMILES string of the molecule is Cc1ccc(NC(=O)[C@H]2CCCN(C(=O)c3ccc(-c4nc(C)no4)cc3)C2)nc1. The summed E-state index contributed by atoms with van der Waals surface area (Å²) in [5.41, 5.74) is 2.35. The van der Waals surface area contributed by atoms with Gasteiger partial charge >= 0.3 is 0 Å². The third kappa shape index (κ3) is 4.37. The fourth-order valence-electron chi connectivity index (χ4n) is 3.50. The number of anilines is 1. The van der Waals surface area contributed by atoms with Crippen LogP contribution in [0.4, 0.5) is 5.82 Å². The van der Waals surface area contributed by atoms with Gasteiger partial charge in [-0.25, -0.2) is 4.98 Å². The molecule has 0 saturated carbocycles. The molecule has 1 fully saturated rings. The van der Waals surface area contributed by atoms with Crippen molar-refractivity contribution in [3.63, 3.8) is 0 Å². The molecule has 1 saturated heterocycles. The molecule has 1 aromatic carbocycles. The third-order valence-electron chi connectivity index (χ3n) is 5.15. The van der Waals surface area contributed by atoms with Gasteiger partial charge < -0.3 is 14.7 Å². The van der Waals surface area contributed by atoms with Crippen molar-refractivity contribution in [1.29, 1.82) is 0 Å². The smallest absolute Gasteiger partial charge is 0.257 e. The van der Waals surface area contributed by atoms with Crippen LogP contribution in [0.25, 0.3) is 11.5 Å². The van der Waals surface area contributed by atoms with Crippen LogP contribution in [0, 0.1) is 19.8 Å². The number of rotatable bonds is 4. The lowest BCUT2D eigenvalue weighted by molar-refractivity contribution is -0.121. The lowest BCUT2D eigenvalue weighted by atomic mass is 9.96. The minimum Gasteiger partial charge on any atom is -0.338 e. The third-order valence-corrected chi connectivity index (χ3v) is 5.15. The van der Waals surface area contributed by atoms with Crippen LogP contribution in [-0.2, 0) is 4.79 Å². The first-order chi connectivity index (χ1) is 14.5. The Bertz CT molecular complexity index is 1040. The van der Waals surface area contributed by atoms with Gasteiger partial charge in [0.1, 0.15) is 5.82 Å². The van der Waals surface area contributed by atoms with Crippen molar-refractivity contribution >= 4 is 17.6 Å². The first kappa shape index (κ1) is 19.8. The molecule has 8 heteroatoms. The van der Waals surface area contributed by atoms with E-state index in [1.807, 2.05) is 13.0 Å². The molecule has 1 N–H and O–H groups in total. The molecule has 154 valence electrons. The maximum absolute atomic E-state index is 12.9. The number of hydrogen-bond acceptors (Lipinski definition) is 6. The number of amides is 2. The average Bonchev–Trinajstić information content (AvgIpc) is 3.21. The molecule has 1 aliphatic rings. The Morgan fingerprint density at radius 3 is 2.60 bits per heavy atom.